The summed E-state index contributed by atoms with van der Waals surface area (Å²) in [7, 11) is -0.413. The molecule has 0 aromatic rings. The summed E-state index contributed by atoms with van der Waals surface area (Å²) >= 11 is 0. The van der Waals surface area contributed by atoms with Crippen molar-refractivity contribution in [3.8, 4) is 0 Å². The van der Waals surface area contributed by atoms with E-state index in [1.807, 2.05) is 0 Å². The summed E-state index contributed by atoms with van der Waals surface area (Å²) in [6.45, 7) is 0. The molecule has 0 N–H and O–H groups in total. The van der Waals surface area contributed by atoms with Gasteiger partial charge in [-0.2, -0.15) is 13.5 Å². The van der Waals surface area contributed by atoms with Crippen molar-refractivity contribution in [1.82, 2.24) is 0 Å². The minimum Gasteiger partial charge on any atom is -0.619 e. The second-order valence-corrected chi connectivity index (χ2v) is 4.41. The summed E-state index contributed by atoms with van der Waals surface area (Å²) in [6, 6.07) is 0. The Kier molecular flexibility index (Phi) is 3.94. The first-order valence-corrected chi connectivity index (χ1v) is 5.32. The van der Waals surface area contributed by atoms with Gasteiger partial charge in [0.15, 0.2) is 18.2 Å². The summed E-state index contributed by atoms with van der Waals surface area (Å²) in [4.78, 5) is 0. The molecule has 1 aliphatic heterocycles. The predicted molar refractivity (Wildman–Crippen MR) is 52.3 cm³/mol. The second kappa shape index (κ2) is 4.99. The Hall–Kier alpha value is -1.04. The molecular formula is C8H8F3NOS. The van der Waals surface area contributed by atoms with Crippen molar-refractivity contribution in [3.63, 3.8) is 0 Å². The van der Waals surface area contributed by atoms with Crippen LogP contribution in [-0.4, -0.2) is 22.1 Å². The van der Waals surface area contributed by atoms with E-state index in [4.69, 9.17) is 0 Å². The van der Waals surface area contributed by atoms with E-state index in [2.05, 4.69) is 0 Å². The molecular weight excluding hydrogens is 215 g/mol. The van der Waals surface area contributed by atoms with E-state index < -0.39 is 22.4 Å². The molecule has 2 nitrogen and oxygen atoms in total. The molecule has 1 rings (SSSR count). The molecule has 14 heavy (non-hydrogen) atoms. The predicted octanol–water partition coefficient (Wildman–Crippen LogP) is 2.59. The maximum atomic E-state index is 12.4. The van der Waals surface area contributed by atoms with E-state index in [9.17, 15) is 18.4 Å². The van der Waals surface area contributed by atoms with E-state index in [0.717, 1.165) is 0 Å². The molecule has 1 atom stereocenters. The Morgan fingerprint density at radius 2 is 2.07 bits per heavy atom. The highest BCUT2D eigenvalue weighted by molar-refractivity contribution is 8.18. The third-order valence-electron chi connectivity index (χ3n) is 1.53. The number of allylic oxidation sites excluding steroid dienone is 1. The van der Waals surface area contributed by atoms with Crippen LogP contribution < -0.4 is 0 Å². The normalized spacial score (nSPS) is 19.9. The zero-order valence-corrected chi connectivity index (χ0v) is 7.94. The second-order valence-electron chi connectivity index (χ2n) is 2.52. The lowest BCUT2D eigenvalue weighted by Crippen LogP contribution is -2.01. The number of hydroxylamine groups is 1. The fourth-order valence-corrected chi connectivity index (χ4v) is 2.14. The van der Waals surface area contributed by atoms with Gasteiger partial charge in [0, 0.05) is 17.2 Å². The number of halogens is 3. The Bertz CT molecular complexity index is 342. The SMILES string of the molecule is [O-][N+]1=CC=S(CCC(F)=C(F)F)C=C1. The smallest absolute Gasteiger partial charge is 0.301 e. The fraction of sp³-hybridized carbons (Fsp3) is 0.250. The number of rotatable bonds is 3. The summed E-state index contributed by atoms with van der Waals surface area (Å²) < 4.78 is 36.3. The van der Waals surface area contributed by atoms with Gasteiger partial charge >= 0.3 is 6.08 Å². The zero-order valence-electron chi connectivity index (χ0n) is 7.12. The average molecular weight is 223 g/mol. The largest absolute Gasteiger partial charge is 0.619 e. The van der Waals surface area contributed by atoms with Crippen LogP contribution in [0.2, 0.25) is 0 Å². The Labute approximate surface area is 81.6 Å². The van der Waals surface area contributed by atoms with E-state index >= 15 is 0 Å². The summed E-state index contributed by atoms with van der Waals surface area (Å²) in [5.41, 5.74) is 0. The Morgan fingerprint density at radius 3 is 2.57 bits per heavy atom. The van der Waals surface area contributed by atoms with Gasteiger partial charge in [-0.05, 0) is 5.75 Å². The van der Waals surface area contributed by atoms with Gasteiger partial charge in [-0.3, -0.25) is 0 Å². The lowest BCUT2D eigenvalue weighted by Gasteiger charge is -2.04. The Morgan fingerprint density at radius 1 is 1.36 bits per heavy atom. The van der Waals surface area contributed by atoms with Gasteiger partial charge in [-0.15, -0.1) is 10.5 Å². The van der Waals surface area contributed by atoms with Crippen LogP contribution >= 0.6 is 10.5 Å². The number of nitrogens with zero attached hydrogens (tertiary/aromatic N) is 1. The van der Waals surface area contributed by atoms with Crippen molar-refractivity contribution < 1.29 is 17.9 Å². The van der Waals surface area contributed by atoms with Crippen LogP contribution in [0.1, 0.15) is 6.42 Å². The van der Waals surface area contributed by atoms with Crippen molar-refractivity contribution in [2.24, 2.45) is 0 Å². The van der Waals surface area contributed by atoms with E-state index in [-0.39, 0.29) is 12.2 Å². The molecule has 0 fully saturated rings. The molecule has 0 saturated carbocycles. The van der Waals surface area contributed by atoms with Gasteiger partial charge in [0.1, 0.15) is 0 Å². The van der Waals surface area contributed by atoms with E-state index in [0.29, 0.717) is 4.74 Å². The highest BCUT2D eigenvalue weighted by Crippen LogP contribution is 2.21. The molecule has 78 valence electrons. The van der Waals surface area contributed by atoms with Gasteiger partial charge in [0.05, 0.1) is 0 Å². The average Bonchev–Trinajstić information content (AvgIpc) is 2.16. The Balaban J connectivity index is 2.49. The van der Waals surface area contributed by atoms with Crippen molar-refractivity contribution in [2.45, 2.75) is 6.42 Å². The lowest BCUT2D eigenvalue weighted by molar-refractivity contribution is -0.370. The summed E-state index contributed by atoms with van der Waals surface area (Å²) in [5, 5.41) is 13.8. The summed E-state index contributed by atoms with van der Waals surface area (Å²) in [5.74, 6) is -1.10. The lowest BCUT2D eigenvalue weighted by atomic mass is 10.4. The van der Waals surface area contributed by atoms with Gasteiger partial charge in [-0.25, -0.2) is 4.39 Å². The van der Waals surface area contributed by atoms with Crippen LogP contribution in [0.5, 0.6) is 0 Å². The number of hydrogen-bond donors (Lipinski definition) is 0. The first kappa shape index (κ1) is 11.0. The van der Waals surface area contributed by atoms with Crippen molar-refractivity contribution >= 4 is 22.1 Å². The van der Waals surface area contributed by atoms with Crippen molar-refractivity contribution in [2.75, 3.05) is 5.75 Å². The molecule has 0 radical (unpaired) electrons. The maximum Gasteiger partial charge on any atom is 0.301 e. The number of hydrogen-bond acceptors (Lipinski definition) is 1. The first-order chi connectivity index (χ1) is 6.59. The quantitative estimate of drug-likeness (QED) is 0.410. The first-order valence-electron chi connectivity index (χ1n) is 3.80. The molecule has 0 saturated heterocycles. The van der Waals surface area contributed by atoms with Crippen LogP contribution in [-0.2, 0) is 0 Å². The van der Waals surface area contributed by atoms with Crippen LogP contribution in [0.3, 0.4) is 0 Å². The molecule has 0 aromatic carbocycles. The van der Waals surface area contributed by atoms with Gasteiger partial charge in [0.2, 0.25) is 0 Å². The van der Waals surface area contributed by atoms with E-state index in [1.54, 1.807) is 10.8 Å². The minimum absolute atomic E-state index is 0.268. The molecule has 6 heteroatoms. The van der Waals surface area contributed by atoms with Gasteiger partial charge in [-0.1, -0.05) is 0 Å². The molecule has 0 bridgehead atoms. The molecule has 0 aromatic heterocycles. The molecule has 1 aliphatic rings. The monoisotopic (exact) mass is 223 g/mol. The fourth-order valence-electron chi connectivity index (χ4n) is 0.809. The van der Waals surface area contributed by atoms with Crippen LogP contribution in [0.15, 0.2) is 23.5 Å². The molecule has 0 amide bonds. The van der Waals surface area contributed by atoms with Crippen LogP contribution in [0, 0.1) is 5.21 Å². The molecule has 0 spiro atoms. The van der Waals surface area contributed by atoms with E-state index in [1.165, 1.54) is 12.4 Å². The molecule has 1 unspecified atom stereocenters. The van der Waals surface area contributed by atoms with Crippen molar-refractivity contribution in [1.29, 1.82) is 0 Å². The third-order valence-corrected chi connectivity index (χ3v) is 3.15. The standard InChI is InChI=1S/C8H8F3NOS/c9-7(8(10)11)1-4-14-5-2-12(13)3-6-14/h2-3,5-6H,1,4H2. The van der Waals surface area contributed by atoms with Crippen molar-refractivity contribution in [3.05, 3.63) is 28.7 Å². The van der Waals surface area contributed by atoms with Gasteiger partial charge in [0.25, 0.3) is 0 Å². The highest BCUT2D eigenvalue weighted by atomic mass is 32.2. The highest BCUT2D eigenvalue weighted by Gasteiger charge is 2.06. The van der Waals surface area contributed by atoms with Crippen LogP contribution in [0.25, 0.3) is 0 Å². The van der Waals surface area contributed by atoms with Crippen LogP contribution in [0.4, 0.5) is 13.2 Å². The maximum absolute atomic E-state index is 12.4. The molecule has 0 aliphatic carbocycles. The topological polar surface area (TPSA) is 26.1 Å². The van der Waals surface area contributed by atoms with Gasteiger partial charge < -0.3 is 5.21 Å². The zero-order chi connectivity index (χ0) is 10.6. The molecule has 1 heterocycles. The minimum atomic E-state index is -2.26. The summed E-state index contributed by atoms with van der Waals surface area (Å²) in [6.07, 6.45) is 0.0236. The third kappa shape index (κ3) is 3.37.